The van der Waals surface area contributed by atoms with Gasteiger partial charge < -0.3 is 10.0 Å². The van der Waals surface area contributed by atoms with Gasteiger partial charge in [0.2, 0.25) is 0 Å². The van der Waals surface area contributed by atoms with Gasteiger partial charge in [0.25, 0.3) is 0 Å². The number of likely N-dealkylation sites (tertiary alicyclic amines) is 3. The Kier molecular flexibility index (Phi) is 6.26. The van der Waals surface area contributed by atoms with Gasteiger partial charge in [-0.25, -0.2) is 0 Å². The summed E-state index contributed by atoms with van der Waals surface area (Å²) in [7, 11) is 0. The first kappa shape index (κ1) is 18.4. The molecule has 3 aliphatic rings. The zero-order valence-electron chi connectivity index (χ0n) is 16.1. The van der Waals surface area contributed by atoms with Crippen molar-refractivity contribution < 1.29 is 5.11 Å². The van der Waals surface area contributed by atoms with Crippen LogP contribution in [0.25, 0.3) is 0 Å². The van der Waals surface area contributed by atoms with Crippen LogP contribution in [-0.4, -0.2) is 78.3 Å². The number of aliphatic hydroxyl groups is 1. The van der Waals surface area contributed by atoms with Gasteiger partial charge in [-0.3, -0.25) is 9.80 Å². The smallest absolute Gasteiger partial charge is 0.0475 e. The molecule has 4 nitrogen and oxygen atoms in total. The van der Waals surface area contributed by atoms with E-state index in [2.05, 4.69) is 45.0 Å². The van der Waals surface area contributed by atoms with E-state index in [1.807, 2.05) is 0 Å². The van der Waals surface area contributed by atoms with E-state index in [9.17, 15) is 5.11 Å². The van der Waals surface area contributed by atoms with E-state index in [4.69, 9.17) is 0 Å². The molecule has 0 unspecified atom stereocenters. The van der Waals surface area contributed by atoms with E-state index in [0.717, 1.165) is 19.1 Å². The van der Waals surface area contributed by atoms with Crippen molar-refractivity contribution in [3.8, 4) is 0 Å². The summed E-state index contributed by atoms with van der Waals surface area (Å²) in [5.41, 5.74) is 1.43. The minimum Gasteiger partial charge on any atom is -0.396 e. The maximum absolute atomic E-state index is 9.88. The number of rotatable bonds is 6. The average Bonchev–Trinajstić information content (AvgIpc) is 3.33. The molecule has 1 N–H and O–H groups in total. The Morgan fingerprint density at radius 1 is 0.846 bits per heavy atom. The van der Waals surface area contributed by atoms with Crippen LogP contribution < -0.4 is 0 Å². The van der Waals surface area contributed by atoms with E-state index >= 15 is 0 Å². The average molecular weight is 358 g/mol. The van der Waals surface area contributed by atoms with Gasteiger partial charge in [0.05, 0.1) is 0 Å². The Morgan fingerprint density at radius 3 is 2.23 bits per heavy atom. The zero-order valence-corrected chi connectivity index (χ0v) is 16.1. The molecule has 0 aromatic heterocycles. The molecule has 4 heteroatoms. The van der Waals surface area contributed by atoms with Gasteiger partial charge in [-0.2, -0.15) is 0 Å². The van der Waals surface area contributed by atoms with Crippen LogP contribution in [0, 0.1) is 11.8 Å². The van der Waals surface area contributed by atoms with E-state index in [0.29, 0.717) is 18.4 Å². The van der Waals surface area contributed by atoms with Gasteiger partial charge in [0.1, 0.15) is 0 Å². The number of hydrogen-bond donors (Lipinski definition) is 1. The SMILES string of the molecule is OC[C@@H]1CN(C2CCN(Cc3ccccc3)CC2)C[C@@H]1CN1CCCC1. The second-order valence-corrected chi connectivity index (χ2v) is 8.66. The summed E-state index contributed by atoms with van der Waals surface area (Å²) in [6, 6.07) is 11.6. The number of hydrogen-bond acceptors (Lipinski definition) is 4. The highest BCUT2D eigenvalue weighted by Crippen LogP contribution is 2.30. The lowest BCUT2D eigenvalue weighted by Crippen LogP contribution is -2.44. The monoisotopic (exact) mass is 357 g/mol. The second-order valence-electron chi connectivity index (χ2n) is 8.66. The highest BCUT2D eigenvalue weighted by Gasteiger charge is 2.37. The fraction of sp³-hybridized carbons (Fsp3) is 0.727. The minimum atomic E-state index is 0.363. The van der Waals surface area contributed by atoms with Gasteiger partial charge in [-0.05, 0) is 69.3 Å². The Morgan fingerprint density at radius 2 is 1.54 bits per heavy atom. The van der Waals surface area contributed by atoms with Gasteiger partial charge in [0, 0.05) is 38.8 Å². The van der Waals surface area contributed by atoms with Crippen LogP contribution in [0.2, 0.25) is 0 Å². The Bertz CT molecular complexity index is 538. The number of aliphatic hydroxyl groups excluding tert-OH is 1. The van der Waals surface area contributed by atoms with Crippen molar-refractivity contribution in [1.29, 1.82) is 0 Å². The first-order valence-electron chi connectivity index (χ1n) is 10.7. The second kappa shape index (κ2) is 8.83. The minimum absolute atomic E-state index is 0.363. The van der Waals surface area contributed by atoms with Crippen molar-refractivity contribution in [3.63, 3.8) is 0 Å². The third kappa shape index (κ3) is 4.48. The summed E-state index contributed by atoms with van der Waals surface area (Å²) in [5.74, 6) is 1.15. The van der Waals surface area contributed by atoms with Crippen molar-refractivity contribution in [2.45, 2.75) is 38.3 Å². The highest BCUT2D eigenvalue weighted by atomic mass is 16.3. The zero-order chi connectivity index (χ0) is 17.8. The number of piperidine rings is 1. The van der Waals surface area contributed by atoms with Crippen molar-refractivity contribution in [1.82, 2.24) is 14.7 Å². The molecule has 0 saturated carbocycles. The Hall–Kier alpha value is -0.940. The molecule has 0 amide bonds. The molecule has 1 aromatic carbocycles. The molecule has 3 aliphatic heterocycles. The van der Waals surface area contributed by atoms with Gasteiger partial charge in [0.15, 0.2) is 0 Å². The third-order valence-corrected chi connectivity index (χ3v) is 6.85. The van der Waals surface area contributed by atoms with Crippen molar-refractivity contribution in [3.05, 3.63) is 35.9 Å². The van der Waals surface area contributed by atoms with Crippen molar-refractivity contribution in [2.75, 3.05) is 52.4 Å². The summed E-state index contributed by atoms with van der Waals surface area (Å²) in [6.45, 7) is 9.91. The first-order chi connectivity index (χ1) is 12.8. The van der Waals surface area contributed by atoms with Crippen LogP contribution in [0.15, 0.2) is 30.3 Å². The molecule has 3 fully saturated rings. The largest absolute Gasteiger partial charge is 0.396 e. The lowest BCUT2D eigenvalue weighted by molar-refractivity contribution is 0.115. The molecule has 144 valence electrons. The van der Waals surface area contributed by atoms with Crippen molar-refractivity contribution >= 4 is 0 Å². The first-order valence-corrected chi connectivity index (χ1v) is 10.7. The van der Waals surface area contributed by atoms with E-state index in [1.165, 1.54) is 70.5 Å². The fourth-order valence-electron chi connectivity index (χ4n) is 5.27. The molecule has 26 heavy (non-hydrogen) atoms. The fourth-order valence-corrected chi connectivity index (χ4v) is 5.27. The molecular formula is C22H35N3O. The molecule has 0 aliphatic carbocycles. The quantitative estimate of drug-likeness (QED) is 0.846. The lowest BCUT2D eigenvalue weighted by atomic mass is 9.96. The summed E-state index contributed by atoms with van der Waals surface area (Å²) >= 11 is 0. The van der Waals surface area contributed by atoms with E-state index in [1.54, 1.807) is 0 Å². The molecule has 4 rings (SSSR count). The summed E-state index contributed by atoms with van der Waals surface area (Å²) in [6.07, 6.45) is 5.28. The maximum Gasteiger partial charge on any atom is 0.0475 e. The van der Waals surface area contributed by atoms with Crippen LogP contribution in [0.4, 0.5) is 0 Å². The predicted octanol–water partition coefficient (Wildman–Crippen LogP) is 2.29. The maximum atomic E-state index is 9.88. The van der Waals surface area contributed by atoms with Crippen molar-refractivity contribution in [2.24, 2.45) is 11.8 Å². The van der Waals surface area contributed by atoms with E-state index < -0.39 is 0 Å². The third-order valence-electron chi connectivity index (χ3n) is 6.85. The molecule has 1 aromatic rings. The van der Waals surface area contributed by atoms with Crippen LogP contribution >= 0.6 is 0 Å². The predicted molar refractivity (Wildman–Crippen MR) is 106 cm³/mol. The molecule has 0 radical (unpaired) electrons. The number of benzene rings is 1. The molecule has 2 atom stereocenters. The standard InChI is InChI=1S/C22H35N3O/c26-18-21-17-25(16-20(21)15-23-10-4-5-11-23)22-8-12-24(13-9-22)14-19-6-2-1-3-7-19/h1-3,6-7,20-22,26H,4-5,8-18H2/t20-,21-/m0/s1. The van der Waals surface area contributed by atoms with Gasteiger partial charge >= 0.3 is 0 Å². The summed E-state index contributed by atoms with van der Waals surface area (Å²) < 4.78 is 0. The molecule has 0 bridgehead atoms. The van der Waals surface area contributed by atoms with E-state index in [-0.39, 0.29) is 0 Å². The number of nitrogens with zero attached hydrogens (tertiary/aromatic N) is 3. The Labute approximate surface area is 158 Å². The van der Waals surface area contributed by atoms with Gasteiger partial charge in [-0.15, -0.1) is 0 Å². The normalized spacial score (nSPS) is 29.6. The molecule has 0 spiro atoms. The van der Waals surface area contributed by atoms with Crippen LogP contribution in [0.5, 0.6) is 0 Å². The summed E-state index contributed by atoms with van der Waals surface area (Å²) in [5, 5.41) is 9.88. The summed E-state index contributed by atoms with van der Waals surface area (Å²) in [4.78, 5) is 7.94. The van der Waals surface area contributed by atoms with Crippen LogP contribution in [0.1, 0.15) is 31.2 Å². The molecule has 3 heterocycles. The lowest BCUT2D eigenvalue weighted by Gasteiger charge is -2.37. The molecular weight excluding hydrogens is 322 g/mol. The van der Waals surface area contributed by atoms with Gasteiger partial charge in [-0.1, -0.05) is 30.3 Å². The highest BCUT2D eigenvalue weighted by molar-refractivity contribution is 5.14. The van der Waals surface area contributed by atoms with Crippen LogP contribution in [0.3, 0.4) is 0 Å². The Balaban J connectivity index is 1.26. The molecule has 3 saturated heterocycles. The van der Waals surface area contributed by atoms with Crippen LogP contribution in [-0.2, 0) is 6.54 Å². The topological polar surface area (TPSA) is 30.0 Å².